The molecule has 3 nitrogen and oxygen atoms in total. The van der Waals surface area contributed by atoms with E-state index in [2.05, 4.69) is 5.32 Å². The maximum absolute atomic E-state index is 12.6. The van der Waals surface area contributed by atoms with Crippen LogP contribution in [0.15, 0.2) is 66.7 Å². The minimum absolute atomic E-state index is 0.185. The molecule has 3 aromatic rings. The SMILES string of the molecule is O=C(Nc1ccccc1)c1ccc(Cl)c(-c2ccc(Cl)cc2)c1OCl. The fourth-order valence-electron chi connectivity index (χ4n) is 2.42. The molecule has 0 heterocycles. The second-order valence-electron chi connectivity index (χ2n) is 5.20. The first-order chi connectivity index (χ1) is 12.1. The van der Waals surface area contributed by atoms with Crippen LogP contribution in [0.2, 0.25) is 10.0 Å². The van der Waals surface area contributed by atoms with Gasteiger partial charge in [0.1, 0.15) is 11.9 Å². The van der Waals surface area contributed by atoms with Crippen LogP contribution in [0, 0.1) is 0 Å². The highest BCUT2D eigenvalue weighted by Gasteiger charge is 2.21. The zero-order chi connectivity index (χ0) is 17.8. The Morgan fingerprint density at radius 1 is 0.880 bits per heavy atom. The first-order valence-corrected chi connectivity index (χ1v) is 8.40. The molecule has 0 atom stereocenters. The summed E-state index contributed by atoms with van der Waals surface area (Å²) in [5.41, 5.74) is 2.19. The highest BCUT2D eigenvalue weighted by Crippen LogP contribution is 2.40. The van der Waals surface area contributed by atoms with E-state index in [1.165, 1.54) is 0 Å². The van der Waals surface area contributed by atoms with Crippen molar-refractivity contribution in [1.29, 1.82) is 0 Å². The van der Waals surface area contributed by atoms with Crippen molar-refractivity contribution in [3.05, 3.63) is 82.3 Å². The quantitative estimate of drug-likeness (QED) is 0.554. The molecule has 0 aliphatic heterocycles. The van der Waals surface area contributed by atoms with Gasteiger partial charge in [-0.3, -0.25) is 4.79 Å². The van der Waals surface area contributed by atoms with Crippen molar-refractivity contribution >= 4 is 46.7 Å². The number of carbonyl (C=O) groups is 1. The smallest absolute Gasteiger partial charge is 0.259 e. The fraction of sp³-hybridized carbons (Fsp3) is 0. The van der Waals surface area contributed by atoms with Crippen molar-refractivity contribution in [3.63, 3.8) is 0 Å². The van der Waals surface area contributed by atoms with Crippen LogP contribution in [-0.2, 0) is 0 Å². The van der Waals surface area contributed by atoms with E-state index >= 15 is 0 Å². The maximum Gasteiger partial charge on any atom is 0.259 e. The summed E-state index contributed by atoms with van der Waals surface area (Å²) >= 11 is 17.9. The van der Waals surface area contributed by atoms with Crippen molar-refractivity contribution in [2.75, 3.05) is 5.32 Å². The Morgan fingerprint density at radius 3 is 2.20 bits per heavy atom. The number of para-hydroxylation sites is 1. The molecule has 0 saturated carbocycles. The van der Waals surface area contributed by atoms with Gasteiger partial charge < -0.3 is 9.61 Å². The van der Waals surface area contributed by atoms with E-state index in [0.29, 0.717) is 21.3 Å². The monoisotopic (exact) mass is 391 g/mol. The summed E-state index contributed by atoms with van der Waals surface area (Å²) in [4.78, 5) is 12.6. The maximum atomic E-state index is 12.6. The van der Waals surface area contributed by atoms with Crippen molar-refractivity contribution in [2.45, 2.75) is 0 Å². The molecule has 6 heteroatoms. The number of halogens is 3. The number of carbonyl (C=O) groups excluding carboxylic acids is 1. The highest BCUT2D eigenvalue weighted by atomic mass is 35.5. The van der Waals surface area contributed by atoms with Crippen molar-refractivity contribution in [1.82, 2.24) is 0 Å². The summed E-state index contributed by atoms with van der Waals surface area (Å²) in [6.07, 6.45) is 0. The first kappa shape index (κ1) is 17.6. The summed E-state index contributed by atoms with van der Waals surface area (Å²) in [6, 6.07) is 19.3. The molecule has 3 rings (SSSR count). The van der Waals surface area contributed by atoms with Gasteiger partial charge in [-0.15, -0.1) is 0 Å². The molecule has 0 saturated heterocycles. The lowest BCUT2D eigenvalue weighted by molar-refractivity contribution is 0.102. The minimum atomic E-state index is -0.353. The predicted octanol–water partition coefficient (Wildman–Crippen LogP) is 6.45. The van der Waals surface area contributed by atoms with Crippen LogP contribution in [0.3, 0.4) is 0 Å². The van der Waals surface area contributed by atoms with Crippen molar-refractivity contribution in [3.8, 4) is 16.9 Å². The van der Waals surface area contributed by atoms with Crippen LogP contribution in [0.5, 0.6) is 5.75 Å². The lowest BCUT2D eigenvalue weighted by Gasteiger charge is -2.14. The van der Waals surface area contributed by atoms with E-state index < -0.39 is 0 Å². The number of hydrogen-bond acceptors (Lipinski definition) is 2. The van der Waals surface area contributed by atoms with Crippen molar-refractivity contribution < 1.29 is 9.08 Å². The Morgan fingerprint density at radius 2 is 1.56 bits per heavy atom. The molecule has 0 aliphatic carbocycles. The topological polar surface area (TPSA) is 38.3 Å². The van der Waals surface area contributed by atoms with Gasteiger partial charge in [-0.25, -0.2) is 0 Å². The lowest BCUT2D eigenvalue weighted by Crippen LogP contribution is -2.13. The van der Waals surface area contributed by atoms with Crippen LogP contribution >= 0.6 is 35.1 Å². The Bertz CT molecular complexity index is 897. The van der Waals surface area contributed by atoms with Crippen LogP contribution in [-0.4, -0.2) is 5.91 Å². The Kier molecular flexibility index (Phi) is 5.49. The standard InChI is InChI=1S/C19H12Cl3NO2/c20-13-8-6-12(7-9-13)17-16(21)11-10-15(18(17)25-22)19(24)23-14-4-2-1-3-5-14/h1-11H,(H,23,24). The summed E-state index contributed by atoms with van der Waals surface area (Å²) in [7, 11) is 0. The predicted molar refractivity (Wildman–Crippen MR) is 103 cm³/mol. The largest absolute Gasteiger partial charge is 0.384 e. The lowest BCUT2D eigenvalue weighted by atomic mass is 10.0. The zero-order valence-corrected chi connectivity index (χ0v) is 15.1. The number of amides is 1. The molecule has 25 heavy (non-hydrogen) atoms. The number of anilines is 1. The molecule has 0 fully saturated rings. The van der Waals surface area contributed by atoms with Gasteiger partial charge in [0.05, 0.1) is 10.6 Å². The molecule has 3 aromatic carbocycles. The minimum Gasteiger partial charge on any atom is -0.384 e. The highest BCUT2D eigenvalue weighted by molar-refractivity contribution is 6.34. The molecule has 0 unspecified atom stereocenters. The fourth-order valence-corrected chi connectivity index (χ4v) is 2.97. The third kappa shape index (κ3) is 3.90. The normalized spacial score (nSPS) is 10.4. The zero-order valence-electron chi connectivity index (χ0n) is 12.8. The number of benzene rings is 3. The van der Waals surface area contributed by atoms with Gasteiger partial charge in [0, 0.05) is 16.3 Å². The summed E-state index contributed by atoms with van der Waals surface area (Å²) in [5.74, 6) is -0.168. The Labute approximate surface area is 160 Å². The van der Waals surface area contributed by atoms with Gasteiger partial charge in [-0.1, -0.05) is 53.5 Å². The van der Waals surface area contributed by atoms with Gasteiger partial charge in [-0.05, 0) is 42.0 Å². The third-order valence-electron chi connectivity index (χ3n) is 3.59. The average Bonchev–Trinajstić information content (AvgIpc) is 2.63. The van der Waals surface area contributed by atoms with E-state index in [0.717, 1.165) is 5.56 Å². The van der Waals surface area contributed by atoms with Crippen LogP contribution < -0.4 is 9.61 Å². The van der Waals surface area contributed by atoms with Crippen molar-refractivity contribution in [2.24, 2.45) is 0 Å². The van der Waals surface area contributed by atoms with Crippen LogP contribution in [0.25, 0.3) is 11.1 Å². The molecular formula is C19H12Cl3NO2. The summed E-state index contributed by atoms with van der Waals surface area (Å²) in [5, 5.41) is 3.80. The number of rotatable bonds is 4. The molecule has 0 bridgehead atoms. The van der Waals surface area contributed by atoms with Gasteiger partial charge in [-0.2, -0.15) is 0 Å². The summed E-state index contributed by atoms with van der Waals surface area (Å²) in [6.45, 7) is 0. The van der Waals surface area contributed by atoms with Crippen LogP contribution in [0.4, 0.5) is 5.69 Å². The second kappa shape index (κ2) is 7.79. The van der Waals surface area contributed by atoms with Gasteiger partial charge in [0.2, 0.25) is 0 Å². The molecule has 0 spiro atoms. The second-order valence-corrected chi connectivity index (χ2v) is 6.20. The molecule has 1 amide bonds. The third-order valence-corrected chi connectivity index (χ3v) is 4.31. The number of nitrogens with one attached hydrogen (secondary N) is 1. The average molecular weight is 393 g/mol. The molecule has 126 valence electrons. The van der Waals surface area contributed by atoms with Gasteiger partial charge >= 0.3 is 0 Å². The molecule has 1 N–H and O–H groups in total. The molecule has 0 aliphatic rings. The number of hydrogen-bond donors (Lipinski definition) is 1. The van der Waals surface area contributed by atoms with E-state index in [4.69, 9.17) is 39.4 Å². The first-order valence-electron chi connectivity index (χ1n) is 7.33. The molecular weight excluding hydrogens is 381 g/mol. The van der Waals surface area contributed by atoms with Gasteiger partial charge in [0.15, 0.2) is 5.75 Å². The Balaban J connectivity index is 2.04. The van der Waals surface area contributed by atoms with E-state index in [1.54, 1.807) is 48.5 Å². The van der Waals surface area contributed by atoms with E-state index in [9.17, 15) is 4.79 Å². The van der Waals surface area contributed by atoms with Gasteiger partial charge in [0.25, 0.3) is 5.91 Å². The molecule has 0 radical (unpaired) electrons. The van der Waals surface area contributed by atoms with E-state index in [1.807, 2.05) is 18.2 Å². The summed E-state index contributed by atoms with van der Waals surface area (Å²) < 4.78 is 4.99. The Hall–Kier alpha value is -2.20. The van der Waals surface area contributed by atoms with E-state index in [-0.39, 0.29) is 17.2 Å². The van der Waals surface area contributed by atoms with Crippen LogP contribution in [0.1, 0.15) is 10.4 Å². The molecule has 0 aromatic heterocycles.